The molecule has 9 heteroatoms. The van der Waals surface area contributed by atoms with E-state index in [9.17, 15) is 18.0 Å². The molecule has 216 valence electrons. The van der Waals surface area contributed by atoms with Crippen molar-refractivity contribution in [2.24, 2.45) is 0 Å². The number of anilines is 1. The van der Waals surface area contributed by atoms with E-state index in [1.807, 2.05) is 18.2 Å². The summed E-state index contributed by atoms with van der Waals surface area (Å²) in [6.45, 7) is 3.79. The lowest BCUT2D eigenvalue weighted by molar-refractivity contribution is -0.137. The number of ether oxygens (including phenoxy) is 1. The summed E-state index contributed by atoms with van der Waals surface area (Å²) in [6.07, 6.45) is 1.25. The van der Waals surface area contributed by atoms with Gasteiger partial charge in [0.05, 0.1) is 23.8 Å². The Kier molecular flexibility index (Phi) is 7.62. The lowest BCUT2D eigenvalue weighted by atomic mass is 9.83. The van der Waals surface area contributed by atoms with Gasteiger partial charge in [0, 0.05) is 29.2 Å². The fourth-order valence-corrected chi connectivity index (χ4v) is 6.45. The molecule has 3 aromatic rings. The summed E-state index contributed by atoms with van der Waals surface area (Å²) in [7, 11) is 0. The van der Waals surface area contributed by atoms with Gasteiger partial charge in [0.25, 0.3) is 0 Å². The number of hydrogen-bond donors (Lipinski definition) is 0. The van der Waals surface area contributed by atoms with Gasteiger partial charge in [0.1, 0.15) is 11.9 Å². The fourth-order valence-electron chi connectivity index (χ4n) is 6.23. The number of cyclic esters (lactones) is 1. The van der Waals surface area contributed by atoms with E-state index in [1.54, 1.807) is 17.9 Å². The van der Waals surface area contributed by atoms with E-state index < -0.39 is 30.0 Å². The van der Waals surface area contributed by atoms with Crippen LogP contribution in [0.15, 0.2) is 54.6 Å². The first kappa shape index (κ1) is 27.9. The Labute approximate surface area is 243 Å². The summed E-state index contributed by atoms with van der Waals surface area (Å²) in [5, 5.41) is 0.614. The van der Waals surface area contributed by atoms with Gasteiger partial charge in [-0.3, -0.25) is 4.90 Å². The fraction of sp³-hybridized carbons (Fsp3) is 0.438. The third-order valence-electron chi connectivity index (χ3n) is 8.75. The van der Waals surface area contributed by atoms with Crippen molar-refractivity contribution in [1.82, 2.24) is 9.88 Å². The van der Waals surface area contributed by atoms with Crippen LogP contribution in [-0.4, -0.2) is 35.1 Å². The largest absolute Gasteiger partial charge is 0.439 e. The molecule has 2 aliphatic heterocycles. The van der Waals surface area contributed by atoms with Crippen LogP contribution < -0.4 is 4.90 Å². The first-order valence-corrected chi connectivity index (χ1v) is 14.8. The SMILES string of the molecule is CC1C(c2cccc(C(F)(F)F)c2)OC(=O)N1Cc1nc(N2CCC2)ccc1-c1cc(C2CCCCC2)ccc1Cl. The molecular weight excluding hydrogens is 551 g/mol. The van der Waals surface area contributed by atoms with Gasteiger partial charge in [-0.25, -0.2) is 9.78 Å². The second-order valence-electron chi connectivity index (χ2n) is 11.4. The van der Waals surface area contributed by atoms with E-state index in [0.717, 1.165) is 61.4 Å². The number of carbonyl (C=O) groups is 1. The van der Waals surface area contributed by atoms with Crippen LogP contribution in [0, 0.1) is 0 Å². The zero-order valence-electron chi connectivity index (χ0n) is 23.0. The highest BCUT2D eigenvalue weighted by molar-refractivity contribution is 6.33. The highest BCUT2D eigenvalue weighted by Gasteiger charge is 2.41. The average Bonchev–Trinajstić information content (AvgIpc) is 3.21. The molecule has 1 aliphatic carbocycles. The molecule has 0 spiro atoms. The van der Waals surface area contributed by atoms with Crippen LogP contribution in [0.5, 0.6) is 0 Å². The number of nitrogens with zero attached hydrogens (tertiary/aromatic N) is 3. The van der Waals surface area contributed by atoms with Crippen molar-refractivity contribution in [1.29, 1.82) is 0 Å². The minimum Gasteiger partial charge on any atom is -0.439 e. The number of benzene rings is 2. The molecule has 2 saturated heterocycles. The quantitative estimate of drug-likeness (QED) is 0.291. The Morgan fingerprint density at radius 3 is 2.44 bits per heavy atom. The molecule has 2 unspecified atom stereocenters. The maximum atomic E-state index is 13.4. The number of carbonyl (C=O) groups excluding carboxylic acids is 1. The first-order valence-electron chi connectivity index (χ1n) is 14.4. The average molecular weight is 584 g/mol. The standard InChI is InChI=1S/C32H33ClF3N3O2/c1-20-30(23-9-5-10-24(17-23)32(34,35)36)41-31(40)39(20)19-28-25(12-14-29(37-28)38-15-6-16-38)26-18-22(11-13-27(26)33)21-7-3-2-4-8-21/h5,9-14,17-18,20-21,30H,2-4,6-8,15-16,19H2,1H3. The van der Waals surface area contributed by atoms with Gasteiger partial charge < -0.3 is 9.64 Å². The van der Waals surface area contributed by atoms with Gasteiger partial charge >= 0.3 is 12.3 Å². The van der Waals surface area contributed by atoms with Crippen molar-refractivity contribution < 1.29 is 22.7 Å². The number of amides is 1. The van der Waals surface area contributed by atoms with E-state index in [1.165, 1.54) is 30.9 Å². The van der Waals surface area contributed by atoms with Gasteiger partial charge in [-0.15, -0.1) is 0 Å². The van der Waals surface area contributed by atoms with Gasteiger partial charge in [-0.1, -0.05) is 49.1 Å². The Morgan fingerprint density at radius 2 is 1.73 bits per heavy atom. The van der Waals surface area contributed by atoms with Crippen molar-refractivity contribution in [3.05, 3.63) is 82.0 Å². The maximum Gasteiger partial charge on any atom is 0.416 e. The normalized spacial score (nSPS) is 21.6. The number of halogens is 4. The Morgan fingerprint density at radius 1 is 0.951 bits per heavy atom. The van der Waals surface area contributed by atoms with Crippen molar-refractivity contribution in [2.75, 3.05) is 18.0 Å². The molecule has 6 rings (SSSR count). The van der Waals surface area contributed by atoms with Crippen LogP contribution in [0.1, 0.15) is 79.9 Å². The summed E-state index contributed by atoms with van der Waals surface area (Å²) < 4.78 is 45.8. The molecule has 1 aromatic heterocycles. The molecule has 1 saturated carbocycles. The van der Waals surface area contributed by atoms with Crippen molar-refractivity contribution in [2.45, 2.75) is 76.2 Å². The second kappa shape index (κ2) is 11.2. The van der Waals surface area contributed by atoms with E-state index >= 15 is 0 Å². The smallest absolute Gasteiger partial charge is 0.416 e. The molecule has 3 aliphatic rings. The minimum atomic E-state index is -4.48. The summed E-state index contributed by atoms with van der Waals surface area (Å²) >= 11 is 6.78. The van der Waals surface area contributed by atoms with Crippen LogP contribution in [0.3, 0.4) is 0 Å². The van der Waals surface area contributed by atoms with Gasteiger partial charge in [-0.2, -0.15) is 13.2 Å². The topological polar surface area (TPSA) is 45.7 Å². The molecule has 1 amide bonds. The third-order valence-corrected chi connectivity index (χ3v) is 9.08. The molecule has 41 heavy (non-hydrogen) atoms. The molecule has 3 fully saturated rings. The summed E-state index contributed by atoms with van der Waals surface area (Å²) in [5.74, 6) is 1.34. The van der Waals surface area contributed by atoms with E-state index in [-0.39, 0.29) is 6.54 Å². The van der Waals surface area contributed by atoms with E-state index in [4.69, 9.17) is 21.3 Å². The van der Waals surface area contributed by atoms with Crippen LogP contribution in [-0.2, 0) is 17.5 Å². The summed E-state index contributed by atoms with van der Waals surface area (Å²) in [5.41, 5.74) is 3.22. The Hall–Kier alpha value is -3.26. The second-order valence-corrected chi connectivity index (χ2v) is 11.8. The first-order chi connectivity index (χ1) is 19.7. The number of aromatic nitrogens is 1. The minimum absolute atomic E-state index is 0.149. The zero-order valence-corrected chi connectivity index (χ0v) is 23.7. The summed E-state index contributed by atoms with van der Waals surface area (Å²) in [4.78, 5) is 21.9. The number of rotatable bonds is 6. The molecule has 2 atom stereocenters. The van der Waals surface area contributed by atoms with Gasteiger partial charge in [0.2, 0.25) is 0 Å². The van der Waals surface area contributed by atoms with Crippen LogP contribution >= 0.6 is 11.6 Å². The van der Waals surface area contributed by atoms with E-state index in [0.29, 0.717) is 22.2 Å². The zero-order chi connectivity index (χ0) is 28.7. The molecule has 0 N–H and O–H groups in total. The van der Waals surface area contributed by atoms with E-state index in [2.05, 4.69) is 17.0 Å². The molecule has 0 radical (unpaired) electrons. The predicted octanol–water partition coefficient (Wildman–Crippen LogP) is 8.76. The lowest BCUT2D eigenvalue weighted by Gasteiger charge is -2.33. The monoisotopic (exact) mass is 583 g/mol. The van der Waals surface area contributed by atoms with Crippen molar-refractivity contribution in [3.8, 4) is 11.1 Å². The molecule has 3 heterocycles. The highest BCUT2D eigenvalue weighted by Crippen LogP contribution is 2.41. The van der Waals surface area contributed by atoms with Gasteiger partial charge in [0.15, 0.2) is 0 Å². The van der Waals surface area contributed by atoms with Crippen molar-refractivity contribution in [3.63, 3.8) is 0 Å². The molecule has 5 nitrogen and oxygen atoms in total. The molecule has 2 aromatic carbocycles. The van der Waals surface area contributed by atoms with Crippen LogP contribution in [0.4, 0.5) is 23.8 Å². The van der Waals surface area contributed by atoms with Gasteiger partial charge in [-0.05, 0) is 79.6 Å². The maximum absolute atomic E-state index is 13.4. The van der Waals surface area contributed by atoms with Crippen LogP contribution in [0.25, 0.3) is 11.1 Å². The number of hydrogen-bond acceptors (Lipinski definition) is 4. The highest BCUT2D eigenvalue weighted by atomic mass is 35.5. The molecule has 0 bridgehead atoms. The third kappa shape index (κ3) is 5.63. The number of pyridine rings is 1. The van der Waals surface area contributed by atoms with Crippen LogP contribution in [0.2, 0.25) is 5.02 Å². The predicted molar refractivity (Wildman–Crippen MR) is 153 cm³/mol. The Bertz CT molecular complexity index is 1440. The number of alkyl halides is 3. The lowest BCUT2D eigenvalue weighted by Crippen LogP contribution is -2.38. The molecular formula is C32H33ClF3N3O2. The Balaban J connectivity index is 1.34. The summed E-state index contributed by atoms with van der Waals surface area (Å²) in [6, 6.07) is 14.7. The van der Waals surface area contributed by atoms with Crippen molar-refractivity contribution >= 4 is 23.5 Å².